The van der Waals surface area contributed by atoms with Crippen molar-refractivity contribution in [1.29, 1.82) is 0 Å². The zero-order chi connectivity index (χ0) is 13.9. The van der Waals surface area contributed by atoms with E-state index in [2.05, 4.69) is 47.1 Å². The maximum absolute atomic E-state index is 4.44. The number of thioether (sulfide) groups is 1. The molecule has 0 radical (unpaired) electrons. The molecular weight excluding hydrogens is 310 g/mol. The second kappa shape index (κ2) is 6.44. The maximum Gasteiger partial charge on any atom is 0.0738 e. The summed E-state index contributed by atoms with van der Waals surface area (Å²) in [6.07, 6.45) is 0.998. The first-order valence-corrected chi connectivity index (χ1v) is 8.01. The SMILES string of the molecule is CNC(CSC(C)(C)C)Cc1c(Br)c(C)nn1C. The number of nitrogens with zero attached hydrogens (tertiary/aromatic N) is 2. The Morgan fingerprint density at radius 3 is 2.44 bits per heavy atom. The molecule has 18 heavy (non-hydrogen) atoms. The van der Waals surface area contributed by atoms with Crippen molar-refractivity contribution in [2.75, 3.05) is 12.8 Å². The molecule has 1 aromatic rings. The van der Waals surface area contributed by atoms with Gasteiger partial charge < -0.3 is 5.32 Å². The van der Waals surface area contributed by atoms with E-state index < -0.39 is 0 Å². The van der Waals surface area contributed by atoms with E-state index in [9.17, 15) is 0 Å². The van der Waals surface area contributed by atoms with Gasteiger partial charge in [0, 0.05) is 30.0 Å². The van der Waals surface area contributed by atoms with Gasteiger partial charge in [-0.15, -0.1) is 0 Å². The molecular formula is C13H24BrN3S. The van der Waals surface area contributed by atoms with Crippen LogP contribution in [0.4, 0.5) is 0 Å². The van der Waals surface area contributed by atoms with E-state index in [1.54, 1.807) is 0 Å². The number of halogens is 1. The molecule has 0 aliphatic heterocycles. The summed E-state index contributed by atoms with van der Waals surface area (Å²) >= 11 is 5.63. The second-order valence-corrected chi connectivity index (χ2v) is 8.22. The van der Waals surface area contributed by atoms with Crippen LogP contribution in [0.25, 0.3) is 0 Å². The Hall–Kier alpha value is 0. The Kier molecular flexibility index (Phi) is 5.74. The Labute approximate surface area is 123 Å². The van der Waals surface area contributed by atoms with Gasteiger partial charge in [0.2, 0.25) is 0 Å². The van der Waals surface area contributed by atoms with Crippen LogP contribution in [-0.2, 0) is 13.5 Å². The third-order valence-corrected chi connectivity index (χ3v) is 5.29. The summed E-state index contributed by atoms with van der Waals surface area (Å²) in [5.74, 6) is 1.11. The fraction of sp³-hybridized carbons (Fsp3) is 0.769. The van der Waals surface area contributed by atoms with Gasteiger partial charge in [-0.2, -0.15) is 16.9 Å². The molecule has 5 heteroatoms. The van der Waals surface area contributed by atoms with Crippen LogP contribution in [0, 0.1) is 6.92 Å². The highest BCUT2D eigenvalue weighted by molar-refractivity contribution is 9.10. The quantitative estimate of drug-likeness (QED) is 0.897. The average Bonchev–Trinajstić information content (AvgIpc) is 2.48. The van der Waals surface area contributed by atoms with Gasteiger partial charge in [-0.05, 0) is 29.9 Å². The lowest BCUT2D eigenvalue weighted by Gasteiger charge is -2.22. The number of aromatic nitrogens is 2. The number of likely N-dealkylation sites (N-methyl/N-ethyl adjacent to an activating group) is 1. The van der Waals surface area contributed by atoms with Gasteiger partial charge in [0.05, 0.1) is 15.9 Å². The smallest absolute Gasteiger partial charge is 0.0738 e. The van der Waals surface area contributed by atoms with Crippen molar-refractivity contribution in [1.82, 2.24) is 15.1 Å². The van der Waals surface area contributed by atoms with E-state index >= 15 is 0 Å². The maximum atomic E-state index is 4.44. The molecule has 0 bridgehead atoms. The molecule has 1 unspecified atom stereocenters. The molecule has 1 rings (SSSR count). The fourth-order valence-electron chi connectivity index (χ4n) is 1.73. The van der Waals surface area contributed by atoms with Crippen LogP contribution in [0.1, 0.15) is 32.2 Å². The van der Waals surface area contributed by atoms with Gasteiger partial charge in [-0.3, -0.25) is 4.68 Å². The monoisotopic (exact) mass is 333 g/mol. The van der Waals surface area contributed by atoms with Gasteiger partial charge in [0.25, 0.3) is 0 Å². The molecule has 0 amide bonds. The van der Waals surface area contributed by atoms with Crippen molar-refractivity contribution in [2.24, 2.45) is 7.05 Å². The van der Waals surface area contributed by atoms with Crippen LogP contribution in [0.15, 0.2) is 4.47 Å². The normalized spacial score (nSPS) is 13.9. The van der Waals surface area contributed by atoms with Gasteiger partial charge in [0.1, 0.15) is 0 Å². The van der Waals surface area contributed by atoms with Crippen molar-refractivity contribution >= 4 is 27.7 Å². The van der Waals surface area contributed by atoms with E-state index in [-0.39, 0.29) is 0 Å². The van der Waals surface area contributed by atoms with Gasteiger partial charge >= 0.3 is 0 Å². The predicted molar refractivity (Wildman–Crippen MR) is 84.4 cm³/mol. The molecule has 1 aromatic heterocycles. The van der Waals surface area contributed by atoms with Crippen LogP contribution >= 0.6 is 27.7 Å². The topological polar surface area (TPSA) is 29.9 Å². The van der Waals surface area contributed by atoms with E-state index in [0.29, 0.717) is 10.8 Å². The Bertz CT molecular complexity index is 396. The van der Waals surface area contributed by atoms with Crippen molar-refractivity contribution in [3.05, 3.63) is 15.9 Å². The molecule has 0 fully saturated rings. The van der Waals surface area contributed by atoms with Gasteiger partial charge in [-0.1, -0.05) is 20.8 Å². The second-order valence-electron chi connectivity index (χ2n) is 5.58. The molecule has 0 saturated carbocycles. The highest BCUT2D eigenvalue weighted by Gasteiger charge is 2.18. The zero-order valence-corrected chi connectivity index (χ0v) is 14.6. The minimum Gasteiger partial charge on any atom is -0.316 e. The molecule has 0 aliphatic carbocycles. The highest BCUT2D eigenvalue weighted by Crippen LogP contribution is 2.26. The Balaban J connectivity index is 2.68. The predicted octanol–water partition coefficient (Wildman–Crippen LogP) is 3.15. The van der Waals surface area contributed by atoms with E-state index in [1.165, 1.54) is 5.69 Å². The van der Waals surface area contributed by atoms with Crippen molar-refractivity contribution in [3.8, 4) is 0 Å². The van der Waals surface area contributed by atoms with Crippen LogP contribution in [0.2, 0.25) is 0 Å². The molecule has 1 N–H and O–H groups in total. The van der Waals surface area contributed by atoms with Crippen molar-refractivity contribution in [3.63, 3.8) is 0 Å². The summed E-state index contributed by atoms with van der Waals surface area (Å²) in [4.78, 5) is 0. The summed E-state index contributed by atoms with van der Waals surface area (Å²) in [5.41, 5.74) is 2.33. The van der Waals surface area contributed by atoms with Crippen LogP contribution in [0.3, 0.4) is 0 Å². The van der Waals surface area contributed by atoms with Crippen LogP contribution in [-0.4, -0.2) is 33.4 Å². The molecule has 0 aromatic carbocycles. The molecule has 1 atom stereocenters. The average molecular weight is 334 g/mol. The summed E-state index contributed by atoms with van der Waals surface area (Å²) < 4.78 is 3.44. The summed E-state index contributed by atoms with van der Waals surface area (Å²) in [6, 6.07) is 0.473. The lowest BCUT2D eigenvalue weighted by atomic mass is 10.2. The lowest BCUT2D eigenvalue weighted by molar-refractivity contribution is 0.578. The first-order chi connectivity index (χ1) is 8.24. The van der Waals surface area contributed by atoms with Crippen molar-refractivity contribution < 1.29 is 0 Å². The van der Waals surface area contributed by atoms with E-state index in [1.807, 2.05) is 37.5 Å². The van der Waals surface area contributed by atoms with Gasteiger partial charge in [-0.25, -0.2) is 0 Å². The molecule has 104 valence electrons. The highest BCUT2D eigenvalue weighted by atomic mass is 79.9. The number of hydrogen-bond donors (Lipinski definition) is 1. The third kappa shape index (κ3) is 4.59. The first-order valence-electron chi connectivity index (χ1n) is 6.23. The minimum atomic E-state index is 0.314. The summed E-state index contributed by atoms with van der Waals surface area (Å²) in [5, 5.41) is 7.85. The largest absolute Gasteiger partial charge is 0.316 e. The Morgan fingerprint density at radius 2 is 2.06 bits per heavy atom. The van der Waals surface area contributed by atoms with Crippen molar-refractivity contribution in [2.45, 2.75) is 44.9 Å². The summed E-state index contributed by atoms with van der Waals surface area (Å²) in [6.45, 7) is 8.81. The van der Waals surface area contributed by atoms with Crippen LogP contribution in [0.5, 0.6) is 0 Å². The van der Waals surface area contributed by atoms with E-state index in [0.717, 1.165) is 22.3 Å². The number of aryl methyl sites for hydroxylation is 2. The number of rotatable bonds is 5. The van der Waals surface area contributed by atoms with Crippen LogP contribution < -0.4 is 5.32 Å². The molecule has 0 aliphatic rings. The minimum absolute atomic E-state index is 0.314. The molecule has 0 spiro atoms. The molecule has 3 nitrogen and oxygen atoms in total. The molecule has 0 saturated heterocycles. The van der Waals surface area contributed by atoms with Gasteiger partial charge in [0.15, 0.2) is 0 Å². The third-order valence-electron chi connectivity index (χ3n) is 2.83. The first kappa shape index (κ1) is 16.1. The van der Waals surface area contributed by atoms with E-state index in [4.69, 9.17) is 0 Å². The fourth-order valence-corrected chi connectivity index (χ4v) is 3.21. The lowest BCUT2D eigenvalue weighted by Crippen LogP contribution is -2.32. The zero-order valence-electron chi connectivity index (χ0n) is 12.2. The number of nitrogens with one attached hydrogen (secondary N) is 1. The summed E-state index contributed by atoms with van der Waals surface area (Å²) in [7, 11) is 4.04. The standard InChI is InChI=1S/C13H24BrN3S/c1-9-12(14)11(17(6)16-9)7-10(15-5)8-18-13(2,3)4/h10,15H,7-8H2,1-6H3. The molecule has 1 heterocycles. The number of hydrogen-bond acceptors (Lipinski definition) is 3. The Morgan fingerprint density at radius 1 is 1.44 bits per heavy atom.